The smallest absolute Gasteiger partial charge is 0.260 e. The molecule has 160 valence electrons. The number of carbonyl (C=O) groups excluding carboxylic acids is 2. The highest BCUT2D eigenvalue weighted by atomic mass is 32.1. The molecule has 2 amide bonds. The number of likely N-dealkylation sites (tertiary alicyclic amines) is 1. The molecule has 2 N–H and O–H groups in total. The normalized spacial score (nSPS) is 18.5. The number of nitrogens with zero attached hydrogens (tertiary/aromatic N) is 1. The second-order valence-electron chi connectivity index (χ2n) is 7.98. The maximum absolute atomic E-state index is 12.8. The first-order valence-corrected chi connectivity index (χ1v) is 11.3. The minimum absolute atomic E-state index is 0.0510. The number of piperidine rings is 1. The quantitative estimate of drug-likeness (QED) is 0.608. The van der Waals surface area contributed by atoms with Gasteiger partial charge in [-0.1, -0.05) is 48.5 Å². The fourth-order valence-corrected chi connectivity index (χ4v) is 5.03. The van der Waals surface area contributed by atoms with Crippen LogP contribution in [0.15, 0.2) is 72.1 Å². The summed E-state index contributed by atoms with van der Waals surface area (Å²) in [5.41, 5.74) is 7.36. The van der Waals surface area contributed by atoms with Crippen molar-refractivity contribution in [3.63, 3.8) is 0 Å². The summed E-state index contributed by atoms with van der Waals surface area (Å²) in [5.74, 6) is 0.176. The van der Waals surface area contributed by atoms with E-state index in [1.54, 1.807) is 16.2 Å². The Balaban J connectivity index is 1.52. The van der Waals surface area contributed by atoms with Crippen LogP contribution in [0.4, 0.5) is 0 Å². The number of carbonyl (C=O) groups is 2. The van der Waals surface area contributed by atoms with Gasteiger partial charge in [0.25, 0.3) is 5.91 Å². The largest absolute Gasteiger partial charge is 0.484 e. The van der Waals surface area contributed by atoms with Crippen molar-refractivity contribution < 1.29 is 14.3 Å². The van der Waals surface area contributed by atoms with E-state index >= 15 is 0 Å². The average molecular weight is 435 g/mol. The van der Waals surface area contributed by atoms with Crippen molar-refractivity contribution >= 4 is 23.2 Å². The minimum atomic E-state index is -0.784. The van der Waals surface area contributed by atoms with Gasteiger partial charge in [0.1, 0.15) is 5.75 Å². The molecular formula is C25H26N2O3S. The fourth-order valence-electron chi connectivity index (χ4n) is 4.24. The number of benzene rings is 2. The predicted octanol–water partition coefficient (Wildman–Crippen LogP) is 4.13. The van der Waals surface area contributed by atoms with Crippen molar-refractivity contribution in [2.75, 3.05) is 19.7 Å². The Labute approximate surface area is 186 Å². The average Bonchev–Trinajstić information content (AvgIpc) is 3.33. The third kappa shape index (κ3) is 4.80. The zero-order chi connectivity index (χ0) is 21.7. The van der Waals surface area contributed by atoms with Gasteiger partial charge in [-0.3, -0.25) is 9.59 Å². The number of nitrogens with two attached hydrogens (primary N) is 1. The zero-order valence-electron chi connectivity index (χ0n) is 17.3. The molecular weight excluding hydrogens is 408 g/mol. The second kappa shape index (κ2) is 9.35. The molecule has 0 bridgehead atoms. The van der Waals surface area contributed by atoms with Crippen molar-refractivity contribution in [3.05, 3.63) is 77.7 Å². The van der Waals surface area contributed by atoms with E-state index in [0.717, 1.165) is 22.4 Å². The van der Waals surface area contributed by atoms with Crippen molar-refractivity contribution in [1.29, 1.82) is 0 Å². The molecule has 31 heavy (non-hydrogen) atoms. The molecule has 1 saturated heterocycles. The van der Waals surface area contributed by atoms with E-state index in [2.05, 4.69) is 18.2 Å². The SMILES string of the molecule is NC(=O)C1(Cc2ccccc2-c2cccs2)CCCN(C(=O)COc2ccccc2)C1. The van der Waals surface area contributed by atoms with Gasteiger partial charge in [-0.15, -0.1) is 11.3 Å². The minimum Gasteiger partial charge on any atom is -0.484 e. The summed E-state index contributed by atoms with van der Waals surface area (Å²) >= 11 is 1.67. The van der Waals surface area contributed by atoms with Crippen molar-refractivity contribution in [3.8, 4) is 16.2 Å². The van der Waals surface area contributed by atoms with Gasteiger partial charge in [0.05, 0.1) is 5.41 Å². The maximum Gasteiger partial charge on any atom is 0.260 e. The van der Waals surface area contributed by atoms with Crippen LogP contribution in [0.5, 0.6) is 5.75 Å². The number of rotatable bonds is 7. The molecule has 1 aliphatic rings. The summed E-state index contributed by atoms with van der Waals surface area (Å²) in [6, 6.07) is 21.5. The number of ether oxygens (including phenoxy) is 1. The van der Waals surface area contributed by atoms with Gasteiger partial charge in [-0.2, -0.15) is 0 Å². The highest BCUT2D eigenvalue weighted by molar-refractivity contribution is 7.13. The van der Waals surface area contributed by atoms with Gasteiger partial charge >= 0.3 is 0 Å². The second-order valence-corrected chi connectivity index (χ2v) is 8.92. The fraction of sp³-hybridized carbons (Fsp3) is 0.280. The number of primary amides is 1. The molecule has 0 saturated carbocycles. The lowest BCUT2D eigenvalue weighted by molar-refractivity contribution is -0.141. The summed E-state index contributed by atoms with van der Waals surface area (Å²) in [4.78, 5) is 28.4. The van der Waals surface area contributed by atoms with Crippen LogP contribution in [0.1, 0.15) is 18.4 Å². The van der Waals surface area contributed by atoms with Crippen LogP contribution in [0.3, 0.4) is 0 Å². The standard InChI is InChI=1S/C25H26N2O3S/c26-24(29)25(16-19-8-4-5-11-21(19)22-12-6-15-31-22)13-7-14-27(18-25)23(28)17-30-20-9-2-1-3-10-20/h1-6,8-12,15H,7,13-14,16-18H2,(H2,26,29). The molecule has 1 atom stereocenters. The molecule has 3 aromatic rings. The summed E-state index contributed by atoms with van der Waals surface area (Å²) < 4.78 is 5.63. The van der Waals surface area contributed by atoms with Crippen LogP contribution in [-0.2, 0) is 16.0 Å². The first-order valence-electron chi connectivity index (χ1n) is 10.4. The summed E-state index contributed by atoms with van der Waals surface area (Å²) in [6.45, 7) is 0.876. The third-order valence-electron chi connectivity index (χ3n) is 5.89. The van der Waals surface area contributed by atoms with Gasteiger partial charge in [0.2, 0.25) is 5.91 Å². The Morgan fingerprint density at radius 2 is 1.81 bits per heavy atom. The lowest BCUT2D eigenvalue weighted by Gasteiger charge is -2.41. The number of para-hydroxylation sites is 1. The monoisotopic (exact) mass is 434 g/mol. The molecule has 0 radical (unpaired) electrons. The number of hydrogen-bond donors (Lipinski definition) is 1. The molecule has 1 unspecified atom stereocenters. The molecule has 1 fully saturated rings. The zero-order valence-corrected chi connectivity index (χ0v) is 18.1. The van der Waals surface area contributed by atoms with Crippen molar-refractivity contribution in [2.45, 2.75) is 19.3 Å². The lowest BCUT2D eigenvalue weighted by Crippen LogP contribution is -2.54. The Hall–Kier alpha value is -3.12. The van der Waals surface area contributed by atoms with Gasteiger partial charge in [-0.25, -0.2) is 0 Å². The number of thiophene rings is 1. The molecule has 4 rings (SSSR count). The number of hydrogen-bond acceptors (Lipinski definition) is 4. The third-order valence-corrected chi connectivity index (χ3v) is 6.79. The molecule has 2 heterocycles. The molecule has 0 aliphatic carbocycles. The Morgan fingerprint density at radius 1 is 1.03 bits per heavy atom. The van der Waals surface area contributed by atoms with Gasteiger partial charge < -0.3 is 15.4 Å². The van der Waals surface area contributed by atoms with E-state index in [4.69, 9.17) is 10.5 Å². The maximum atomic E-state index is 12.8. The van der Waals surface area contributed by atoms with E-state index in [-0.39, 0.29) is 18.4 Å². The van der Waals surface area contributed by atoms with Gasteiger partial charge in [-0.05, 0) is 54.0 Å². The Morgan fingerprint density at radius 3 is 2.55 bits per heavy atom. The van der Waals surface area contributed by atoms with Crippen LogP contribution in [0.2, 0.25) is 0 Å². The highest BCUT2D eigenvalue weighted by Gasteiger charge is 2.42. The van der Waals surface area contributed by atoms with Crippen LogP contribution in [0, 0.1) is 5.41 Å². The summed E-state index contributed by atoms with van der Waals surface area (Å²) in [5, 5.41) is 2.05. The number of amides is 2. The van der Waals surface area contributed by atoms with E-state index in [0.29, 0.717) is 31.7 Å². The summed E-state index contributed by atoms with van der Waals surface area (Å²) in [7, 11) is 0. The molecule has 1 aromatic heterocycles. The van der Waals surface area contributed by atoms with E-state index in [1.807, 2.05) is 53.9 Å². The van der Waals surface area contributed by atoms with E-state index in [9.17, 15) is 9.59 Å². The van der Waals surface area contributed by atoms with E-state index in [1.165, 1.54) is 0 Å². The molecule has 1 aliphatic heterocycles. The van der Waals surface area contributed by atoms with Crippen LogP contribution >= 0.6 is 11.3 Å². The molecule has 0 spiro atoms. The first kappa shape index (κ1) is 21.1. The first-order chi connectivity index (χ1) is 15.1. The molecule has 6 heteroatoms. The van der Waals surface area contributed by atoms with Crippen molar-refractivity contribution in [1.82, 2.24) is 4.90 Å². The molecule has 5 nitrogen and oxygen atoms in total. The van der Waals surface area contributed by atoms with Crippen LogP contribution < -0.4 is 10.5 Å². The van der Waals surface area contributed by atoms with Crippen LogP contribution in [-0.4, -0.2) is 36.4 Å². The summed E-state index contributed by atoms with van der Waals surface area (Å²) in [6.07, 6.45) is 1.92. The van der Waals surface area contributed by atoms with Crippen LogP contribution in [0.25, 0.3) is 10.4 Å². The van der Waals surface area contributed by atoms with Gasteiger partial charge in [0.15, 0.2) is 6.61 Å². The Kier molecular flexibility index (Phi) is 6.37. The predicted molar refractivity (Wildman–Crippen MR) is 123 cm³/mol. The lowest BCUT2D eigenvalue weighted by atomic mass is 9.73. The highest BCUT2D eigenvalue weighted by Crippen LogP contribution is 2.37. The van der Waals surface area contributed by atoms with Crippen molar-refractivity contribution in [2.24, 2.45) is 11.1 Å². The van der Waals surface area contributed by atoms with E-state index < -0.39 is 5.41 Å². The van der Waals surface area contributed by atoms with Gasteiger partial charge in [0, 0.05) is 18.0 Å². The Bertz CT molecular complexity index is 1040. The molecule has 2 aromatic carbocycles. The topological polar surface area (TPSA) is 72.6 Å².